The van der Waals surface area contributed by atoms with Crippen molar-refractivity contribution < 1.29 is 14.3 Å². The number of hydrogen-bond donors (Lipinski definition) is 1. The van der Waals surface area contributed by atoms with E-state index in [1.807, 2.05) is 25.1 Å². The van der Waals surface area contributed by atoms with Crippen molar-refractivity contribution in [3.63, 3.8) is 0 Å². The number of nitrogens with one attached hydrogen (secondary N) is 1. The zero-order valence-electron chi connectivity index (χ0n) is 10.8. The molecular formula is C13H13N3O3S. The summed E-state index contributed by atoms with van der Waals surface area (Å²) in [6.45, 7) is 2.22. The van der Waals surface area contributed by atoms with E-state index < -0.39 is 0 Å². The highest BCUT2D eigenvalue weighted by atomic mass is 32.2. The molecule has 3 rings (SSSR count). The van der Waals surface area contributed by atoms with E-state index in [9.17, 15) is 4.79 Å². The fraction of sp³-hybridized carbons (Fsp3) is 0.308. The number of benzene rings is 1. The van der Waals surface area contributed by atoms with E-state index in [1.165, 1.54) is 11.8 Å². The van der Waals surface area contributed by atoms with Gasteiger partial charge < -0.3 is 14.8 Å². The quantitative estimate of drug-likeness (QED) is 0.680. The smallest absolute Gasteiger partial charge is 0.239 e. The summed E-state index contributed by atoms with van der Waals surface area (Å²) >= 11 is 1.40. The number of amidine groups is 1. The van der Waals surface area contributed by atoms with Crippen LogP contribution in [0.4, 0.5) is 0 Å². The molecule has 0 spiro atoms. The van der Waals surface area contributed by atoms with Gasteiger partial charge in [0, 0.05) is 0 Å². The van der Waals surface area contributed by atoms with Crippen molar-refractivity contribution in [2.45, 2.75) is 18.6 Å². The van der Waals surface area contributed by atoms with Crippen LogP contribution in [0.3, 0.4) is 0 Å². The maximum atomic E-state index is 11.5. The Morgan fingerprint density at radius 2 is 2.30 bits per heavy atom. The van der Waals surface area contributed by atoms with Crippen LogP contribution in [-0.2, 0) is 4.79 Å². The van der Waals surface area contributed by atoms with Gasteiger partial charge in [0.1, 0.15) is 0 Å². The summed E-state index contributed by atoms with van der Waals surface area (Å²) in [6.07, 6.45) is 2.39. The summed E-state index contributed by atoms with van der Waals surface area (Å²) < 4.78 is 10.5. The van der Waals surface area contributed by atoms with Crippen LogP contribution in [0, 0.1) is 0 Å². The first-order chi connectivity index (χ1) is 9.76. The molecule has 1 fully saturated rings. The maximum Gasteiger partial charge on any atom is 0.239 e. The molecule has 0 unspecified atom stereocenters. The van der Waals surface area contributed by atoms with E-state index in [4.69, 9.17) is 9.47 Å². The number of hydrogen-bond acceptors (Lipinski definition) is 6. The van der Waals surface area contributed by atoms with Gasteiger partial charge in [-0.25, -0.2) is 0 Å². The summed E-state index contributed by atoms with van der Waals surface area (Å²) in [5, 5.41) is 11.2. The van der Waals surface area contributed by atoms with Crippen LogP contribution in [0.1, 0.15) is 18.9 Å². The van der Waals surface area contributed by atoms with Crippen molar-refractivity contribution in [2.75, 3.05) is 6.79 Å². The molecule has 6 nitrogen and oxygen atoms in total. The molecule has 0 aliphatic carbocycles. The zero-order valence-corrected chi connectivity index (χ0v) is 11.6. The van der Waals surface area contributed by atoms with Gasteiger partial charge in [0.25, 0.3) is 0 Å². The largest absolute Gasteiger partial charge is 0.454 e. The van der Waals surface area contributed by atoms with Crippen LogP contribution < -0.4 is 14.8 Å². The van der Waals surface area contributed by atoms with Gasteiger partial charge in [-0.05, 0) is 30.2 Å². The number of carbonyl (C=O) groups excluding carboxylic acids is 1. The molecule has 7 heteroatoms. The molecule has 1 aromatic rings. The lowest BCUT2D eigenvalue weighted by molar-refractivity contribution is -0.118. The van der Waals surface area contributed by atoms with E-state index in [2.05, 4.69) is 15.5 Å². The predicted octanol–water partition coefficient (Wildman–Crippen LogP) is 1.75. The van der Waals surface area contributed by atoms with Crippen LogP contribution in [-0.4, -0.2) is 29.3 Å². The summed E-state index contributed by atoms with van der Waals surface area (Å²) in [5.74, 6) is 1.43. The highest BCUT2D eigenvalue weighted by Gasteiger charge is 2.28. The summed E-state index contributed by atoms with van der Waals surface area (Å²) in [7, 11) is 0. The number of fused-ring (bicyclic) bond motifs is 1. The molecule has 0 saturated carbocycles. The third kappa shape index (κ3) is 2.62. The maximum absolute atomic E-state index is 11.5. The fourth-order valence-corrected chi connectivity index (χ4v) is 2.72. The second-order valence-electron chi connectivity index (χ2n) is 4.27. The van der Waals surface area contributed by atoms with Crippen molar-refractivity contribution in [1.29, 1.82) is 0 Å². The van der Waals surface area contributed by atoms with Crippen molar-refractivity contribution in [3.05, 3.63) is 23.8 Å². The van der Waals surface area contributed by atoms with E-state index >= 15 is 0 Å². The molecule has 20 heavy (non-hydrogen) atoms. The molecule has 1 N–H and O–H groups in total. The minimum atomic E-state index is -0.0607. The molecule has 2 aliphatic heterocycles. The van der Waals surface area contributed by atoms with Gasteiger partial charge >= 0.3 is 0 Å². The highest BCUT2D eigenvalue weighted by Crippen LogP contribution is 2.32. The Morgan fingerprint density at radius 1 is 1.45 bits per heavy atom. The second-order valence-corrected chi connectivity index (χ2v) is 5.46. The average Bonchev–Trinajstić information content (AvgIpc) is 3.04. The highest BCUT2D eigenvalue weighted by molar-refractivity contribution is 8.15. The van der Waals surface area contributed by atoms with Gasteiger partial charge in [-0.1, -0.05) is 18.7 Å². The van der Waals surface area contributed by atoms with Crippen LogP contribution in [0.25, 0.3) is 0 Å². The SMILES string of the molecule is CC[C@@H]1SC(=NN=Cc2ccc3c(c2)OCO3)NC1=O. The zero-order chi connectivity index (χ0) is 13.9. The van der Waals surface area contributed by atoms with Crippen molar-refractivity contribution in [3.8, 4) is 11.5 Å². The Labute approximate surface area is 120 Å². The Balaban J connectivity index is 1.68. The molecule has 2 heterocycles. The molecule has 1 aromatic carbocycles. The van der Waals surface area contributed by atoms with E-state index in [1.54, 1.807) is 6.21 Å². The molecule has 2 aliphatic rings. The first-order valence-electron chi connectivity index (χ1n) is 6.24. The van der Waals surface area contributed by atoms with Gasteiger partial charge in [-0.15, -0.1) is 5.10 Å². The number of nitrogens with zero attached hydrogens (tertiary/aromatic N) is 2. The third-order valence-corrected chi connectivity index (χ3v) is 4.14. The molecule has 1 amide bonds. The topological polar surface area (TPSA) is 72.3 Å². The minimum Gasteiger partial charge on any atom is -0.454 e. The number of amides is 1. The van der Waals surface area contributed by atoms with Crippen LogP contribution in [0.5, 0.6) is 11.5 Å². The van der Waals surface area contributed by atoms with E-state index in [0.717, 1.165) is 17.7 Å². The Morgan fingerprint density at radius 3 is 3.10 bits per heavy atom. The molecule has 104 valence electrons. The Hall–Kier alpha value is -2.02. The minimum absolute atomic E-state index is 0.00507. The average molecular weight is 291 g/mol. The molecule has 0 aromatic heterocycles. The number of ether oxygens (including phenoxy) is 2. The molecular weight excluding hydrogens is 278 g/mol. The Kier molecular flexibility index (Phi) is 3.60. The van der Waals surface area contributed by atoms with E-state index in [0.29, 0.717) is 10.9 Å². The number of carbonyl (C=O) groups is 1. The number of rotatable bonds is 3. The van der Waals surface area contributed by atoms with Gasteiger partial charge in [-0.2, -0.15) is 5.10 Å². The van der Waals surface area contributed by atoms with Gasteiger partial charge in [0.2, 0.25) is 12.7 Å². The fourth-order valence-electron chi connectivity index (χ4n) is 1.86. The van der Waals surface area contributed by atoms with Crippen molar-refractivity contribution in [1.82, 2.24) is 5.32 Å². The first-order valence-corrected chi connectivity index (χ1v) is 7.12. The lowest BCUT2D eigenvalue weighted by Gasteiger charge is -1.96. The Bertz CT molecular complexity index is 601. The van der Waals surface area contributed by atoms with Gasteiger partial charge in [0.15, 0.2) is 16.7 Å². The lowest BCUT2D eigenvalue weighted by atomic mass is 10.2. The molecule has 1 saturated heterocycles. The predicted molar refractivity (Wildman–Crippen MR) is 77.4 cm³/mol. The van der Waals surface area contributed by atoms with Crippen LogP contribution in [0.15, 0.2) is 28.4 Å². The summed E-state index contributed by atoms with van der Waals surface area (Å²) in [5.41, 5.74) is 0.861. The number of thioether (sulfide) groups is 1. The van der Waals surface area contributed by atoms with Gasteiger partial charge in [-0.3, -0.25) is 4.79 Å². The molecule has 1 atom stereocenters. The normalized spacial score (nSPS) is 22.8. The van der Waals surface area contributed by atoms with Crippen molar-refractivity contribution in [2.24, 2.45) is 10.2 Å². The molecule has 0 radical (unpaired) electrons. The van der Waals surface area contributed by atoms with Crippen molar-refractivity contribution >= 4 is 29.1 Å². The first kappa shape index (κ1) is 13.0. The lowest BCUT2D eigenvalue weighted by Crippen LogP contribution is -2.24. The summed E-state index contributed by atoms with van der Waals surface area (Å²) in [4.78, 5) is 11.5. The molecule has 0 bridgehead atoms. The van der Waals surface area contributed by atoms with E-state index in [-0.39, 0.29) is 18.0 Å². The summed E-state index contributed by atoms with van der Waals surface area (Å²) in [6, 6.07) is 5.53. The van der Waals surface area contributed by atoms with Crippen LogP contribution >= 0.6 is 11.8 Å². The third-order valence-electron chi connectivity index (χ3n) is 2.90. The van der Waals surface area contributed by atoms with Crippen LogP contribution in [0.2, 0.25) is 0 Å². The standard InChI is InChI=1S/C13H13N3O3S/c1-2-11-12(17)15-13(20-11)16-14-6-8-3-4-9-10(5-8)19-7-18-9/h3-6,11H,2,7H2,1H3,(H,15,16,17)/t11-/m0/s1. The monoisotopic (exact) mass is 291 g/mol. The van der Waals surface area contributed by atoms with Gasteiger partial charge in [0.05, 0.1) is 11.5 Å². The second kappa shape index (κ2) is 5.54.